The fourth-order valence-electron chi connectivity index (χ4n) is 2.08. The van der Waals surface area contributed by atoms with Gasteiger partial charge in [0.05, 0.1) is 6.04 Å². The Kier molecular flexibility index (Phi) is 3.27. The molecular formula is C9H18N6. The minimum atomic E-state index is 0.167. The number of aromatic nitrogens is 4. The van der Waals surface area contributed by atoms with Crippen LogP contribution >= 0.6 is 0 Å². The van der Waals surface area contributed by atoms with E-state index in [-0.39, 0.29) is 6.04 Å². The molecule has 0 bridgehead atoms. The average Bonchev–Trinajstić information content (AvgIpc) is 2.70. The number of nitrogens with one attached hydrogen (secondary N) is 2. The third kappa shape index (κ3) is 2.73. The number of H-pyrrole nitrogens is 1. The predicted molar refractivity (Wildman–Crippen MR) is 56.2 cm³/mol. The van der Waals surface area contributed by atoms with Gasteiger partial charge in [0, 0.05) is 12.6 Å². The van der Waals surface area contributed by atoms with Crippen LogP contribution in [0.2, 0.25) is 0 Å². The van der Waals surface area contributed by atoms with Gasteiger partial charge in [0.1, 0.15) is 0 Å². The van der Waals surface area contributed by atoms with Crippen molar-refractivity contribution in [2.75, 3.05) is 20.1 Å². The summed E-state index contributed by atoms with van der Waals surface area (Å²) in [6.45, 7) is 4.37. The summed E-state index contributed by atoms with van der Waals surface area (Å²) in [5.74, 6) is 0.739. The van der Waals surface area contributed by atoms with Gasteiger partial charge in [0.25, 0.3) is 0 Å². The van der Waals surface area contributed by atoms with Crippen molar-refractivity contribution < 1.29 is 0 Å². The molecule has 1 aliphatic heterocycles. The van der Waals surface area contributed by atoms with E-state index in [0.29, 0.717) is 6.04 Å². The molecule has 0 amide bonds. The van der Waals surface area contributed by atoms with E-state index >= 15 is 0 Å². The molecule has 2 N–H and O–H groups in total. The Morgan fingerprint density at radius 1 is 1.60 bits per heavy atom. The smallest absolute Gasteiger partial charge is 0.191 e. The summed E-state index contributed by atoms with van der Waals surface area (Å²) in [5.41, 5.74) is 0. The molecule has 15 heavy (non-hydrogen) atoms. The van der Waals surface area contributed by atoms with Gasteiger partial charge in [-0.05, 0) is 33.4 Å². The maximum Gasteiger partial charge on any atom is 0.191 e. The Bertz CT molecular complexity index is 285. The van der Waals surface area contributed by atoms with Crippen LogP contribution in [0.15, 0.2) is 0 Å². The van der Waals surface area contributed by atoms with Crippen LogP contribution in [0.5, 0.6) is 0 Å². The van der Waals surface area contributed by atoms with E-state index in [1.807, 2.05) is 0 Å². The Labute approximate surface area is 89.4 Å². The molecule has 1 aromatic rings. The zero-order chi connectivity index (χ0) is 10.7. The Morgan fingerprint density at radius 2 is 2.47 bits per heavy atom. The van der Waals surface area contributed by atoms with Crippen molar-refractivity contribution >= 4 is 0 Å². The normalized spacial score (nSPS) is 25.3. The number of piperidine rings is 1. The van der Waals surface area contributed by atoms with E-state index in [0.717, 1.165) is 12.4 Å². The maximum atomic E-state index is 3.98. The lowest BCUT2D eigenvalue weighted by Gasteiger charge is -2.31. The highest BCUT2D eigenvalue weighted by Crippen LogP contribution is 2.12. The molecule has 0 aromatic carbocycles. The summed E-state index contributed by atoms with van der Waals surface area (Å²) in [7, 11) is 2.16. The molecular weight excluding hydrogens is 192 g/mol. The Balaban J connectivity index is 1.86. The second kappa shape index (κ2) is 4.67. The van der Waals surface area contributed by atoms with Gasteiger partial charge in [-0.2, -0.15) is 5.21 Å². The van der Waals surface area contributed by atoms with Crippen molar-refractivity contribution in [3.8, 4) is 0 Å². The van der Waals surface area contributed by atoms with Crippen molar-refractivity contribution in [2.45, 2.75) is 31.8 Å². The standard InChI is InChI=1S/C9H18N6/c1-7(9-11-13-14-12-9)10-8-4-3-5-15(2)6-8/h7-8,10H,3-6H2,1-2H3,(H,11,12,13,14). The van der Waals surface area contributed by atoms with Gasteiger partial charge in [-0.15, -0.1) is 10.2 Å². The average molecular weight is 210 g/mol. The lowest BCUT2D eigenvalue weighted by molar-refractivity contribution is 0.217. The van der Waals surface area contributed by atoms with Crippen LogP contribution < -0.4 is 5.32 Å². The van der Waals surface area contributed by atoms with Crippen molar-refractivity contribution in [3.63, 3.8) is 0 Å². The van der Waals surface area contributed by atoms with Crippen LogP contribution in [0.25, 0.3) is 0 Å². The fourth-order valence-corrected chi connectivity index (χ4v) is 2.08. The summed E-state index contributed by atoms with van der Waals surface area (Å²) in [4.78, 5) is 2.35. The monoisotopic (exact) mass is 210 g/mol. The zero-order valence-electron chi connectivity index (χ0n) is 9.27. The lowest BCUT2D eigenvalue weighted by atomic mass is 10.1. The first-order chi connectivity index (χ1) is 7.25. The van der Waals surface area contributed by atoms with E-state index in [1.165, 1.54) is 19.4 Å². The van der Waals surface area contributed by atoms with Crippen LogP contribution in [0.3, 0.4) is 0 Å². The van der Waals surface area contributed by atoms with E-state index in [4.69, 9.17) is 0 Å². The van der Waals surface area contributed by atoms with Crippen LogP contribution in [-0.2, 0) is 0 Å². The number of aromatic amines is 1. The summed E-state index contributed by atoms with van der Waals surface area (Å²) in [6, 6.07) is 0.706. The first-order valence-corrected chi connectivity index (χ1v) is 5.43. The van der Waals surface area contributed by atoms with E-state index in [1.54, 1.807) is 0 Å². The van der Waals surface area contributed by atoms with E-state index < -0.39 is 0 Å². The van der Waals surface area contributed by atoms with Gasteiger partial charge < -0.3 is 10.2 Å². The number of hydrogen-bond acceptors (Lipinski definition) is 5. The topological polar surface area (TPSA) is 69.7 Å². The van der Waals surface area contributed by atoms with Gasteiger partial charge in [0.2, 0.25) is 0 Å². The van der Waals surface area contributed by atoms with Crippen molar-refractivity contribution in [1.29, 1.82) is 0 Å². The molecule has 6 nitrogen and oxygen atoms in total. The summed E-state index contributed by atoms with van der Waals surface area (Å²) >= 11 is 0. The number of hydrogen-bond donors (Lipinski definition) is 2. The third-order valence-corrected chi connectivity index (χ3v) is 2.86. The zero-order valence-corrected chi connectivity index (χ0v) is 9.27. The molecule has 1 aliphatic rings. The van der Waals surface area contributed by atoms with Gasteiger partial charge in [0.15, 0.2) is 5.82 Å². The molecule has 1 fully saturated rings. The van der Waals surface area contributed by atoms with Gasteiger partial charge >= 0.3 is 0 Å². The molecule has 1 saturated heterocycles. The van der Waals surface area contributed by atoms with Gasteiger partial charge in [-0.1, -0.05) is 5.21 Å². The van der Waals surface area contributed by atoms with Gasteiger partial charge in [-0.25, -0.2) is 0 Å². The van der Waals surface area contributed by atoms with Crippen molar-refractivity contribution in [1.82, 2.24) is 30.8 Å². The molecule has 0 radical (unpaired) electrons. The van der Waals surface area contributed by atoms with Crippen molar-refractivity contribution in [3.05, 3.63) is 5.82 Å². The second-order valence-electron chi connectivity index (χ2n) is 4.26. The lowest BCUT2D eigenvalue weighted by Crippen LogP contribution is -2.44. The highest BCUT2D eigenvalue weighted by molar-refractivity contribution is 4.89. The molecule has 2 unspecified atom stereocenters. The highest BCUT2D eigenvalue weighted by atomic mass is 15.5. The molecule has 6 heteroatoms. The summed E-state index contributed by atoms with van der Waals surface area (Å²) in [6.07, 6.45) is 2.49. The molecule has 0 saturated carbocycles. The van der Waals surface area contributed by atoms with E-state index in [2.05, 4.69) is 44.8 Å². The van der Waals surface area contributed by atoms with Gasteiger partial charge in [-0.3, -0.25) is 0 Å². The molecule has 2 heterocycles. The Morgan fingerprint density at radius 3 is 3.13 bits per heavy atom. The van der Waals surface area contributed by atoms with Crippen LogP contribution in [0.4, 0.5) is 0 Å². The molecule has 1 aromatic heterocycles. The van der Waals surface area contributed by atoms with E-state index in [9.17, 15) is 0 Å². The van der Waals surface area contributed by atoms with Crippen LogP contribution in [-0.4, -0.2) is 51.7 Å². The quantitative estimate of drug-likeness (QED) is 0.731. The fraction of sp³-hybridized carbons (Fsp3) is 0.889. The second-order valence-corrected chi connectivity index (χ2v) is 4.26. The third-order valence-electron chi connectivity index (χ3n) is 2.86. The number of nitrogens with zero attached hydrogens (tertiary/aromatic N) is 4. The minimum absolute atomic E-state index is 0.167. The SMILES string of the molecule is CC(NC1CCCN(C)C1)c1nn[nH]n1. The van der Waals surface area contributed by atoms with Crippen LogP contribution in [0, 0.1) is 0 Å². The molecule has 84 valence electrons. The minimum Gasteiger partial charge on any atom is -0.305 e. The molecule has 0 spiro atoms. The first-order valence-electron chi connectivity index (χ1n) is 5.43. The summed E-state index contributed by atoms with van der Waals surface area (Å²) in [5, 5.41) is 17.5. The first kappa shape index (κ1) is 10.5. The van der Waals surface area contributed by atoms with Crippen molar-refractivity contribution in [2.24, 2.45) is 0 Å². The highest BCUT2D eigenvalue weighted by Gasteiger charge is 2.20. The molecule has 2 atom stereocenters. The Hall–Kier alpha value is -1.01. The molecule has 0 aliphatic carbocycles. The number of likely N-dealkylation sites (tertiary alicyclic amines) is 1. The molecule has 2 rings (SSSR count). The largest absolute Gasteiger partial charge is 0.305 e. The predicted octanol–water partition coefficient (Wildman–Crippen LogP) is -0.0555. The van der Waals surface area contributed by atoms with Crippen LogP contribution in [0.1, 0.15) is 31.6 Å². The number of tetrazole rings is 1. The summed E-state index contributed by atoms with van der Waals surface area (Å²) < 4.78 is 0. The maximum absolute atomic E-state index is 3.98. The number of rotatable bonds is 3. The number of likely N-dealkylation sites (N-methyl/N-ethyl adjacent to an activating group) is 1.